The molecule has 0 aliphatic heterocycles. The molecule has 0 saturated heterocycles. The molecule has 0 aliphatic carbocycles. The Balaban J connectivity index is 1.40. The van der Waals surface area contributed by atoms with Crippen LogP contribution in [0.2, 0.25) is 5.02 Å². The van der Waals surface area contributed by atoms with Crippen LogP contribution >= 0.6 is 11.6 Å². The van der Waals surface area contributed by atoms with Gasteiger partial charge in [-0.25, -0.2) is 19.9 Å². The van der Waals surface area contributed by atoms with Crippen LogP contribution in [0.5, 0.6) is 0 Å². The number of rotatable bonds is 8. The summed E-state index contributed by atoms with van der Waals surface area (Å²) in [7, 11) is 0. The van der Waals surface area contributed by atoms with Gasteiger partial charge in [-0.05, 0) is 44.2 Å². The van der Waals surface area contributed by atoms with E-state index in [1.807, 2.05) is 19.9 Å². The molecular formula is C23H21ClN8O3. The van der Waals surface area contributed by atoms with Gasteiger partial charge in [0, 0.05) is 47.7 Å². The number of nitro benzene ring substituents is 1. The first kappa shape index (κ1) is 23.8. The van der Waals surface area contributed by atoms with E-state index < -0.39 is 4.92 Å². The molecule has 2 aromatic heterocycles. The Hall–Kier alpha value is -4.38. The van der Waals surface area contributed by atoms with Crippen molar-refractivity contribution in [1.82, 2.24) is 25.3 Å². The number of benzene rings is 2. The highest BCUT2D eigenvalue weighted by atomic mass is 35.5. The molecule has 2 aromatic carbocycles. The minimum absolute atomic E-state index is 0.0574. The Kier molecular flexibility index (Phi) is 6.97. The van der Waals surface area contributed by atoms with Crippen LogP contribution in [0.15, 0.2) is 48.8 Å². The number of carbonyl (C=O) groups is 1. The normalized spacial score (nSPS) is 10.7. The molecule has 0 atom stereocenters. The number of aromatic nitrogens is 4. The van der Waals surface area contributed by atoms with Crippen LogP contribution in [0.25, 0.3) is 10.9 Å². The van der Waals surface area contributed by atoms with E-state index in [9.17, 15) is 14.9 Å². The molecule has 35 heavy (non-hydrogen) atoms. The number of amides is 1. The minimum Gasteiger partial charge on any atom is -0.368 e. The van der Waals surface area contributed by atoms with E-state index in [-0.39, 0.29) is 18.1 Å². The maximum Gasteiger partial charge on any atom is 0.270 e. The van der Waals surface area contributed by atoms with Gasteiger partial charge in [0.2, 0.25) is 5.95 Å². The molecule has 3 N–H and O–H groups in total. The average molecular weight is 493 g/mol. The van der Waals surface area contributed by atoms with Gasteiger partial charge in [0.25, 0.3) is 11.6 Å². The zero-order chi connectivity index (χ0) is 24.9. The lowest BCUT2D eigenvalue weighted by Gasteiger charge is -2.12. The van der Waals surface area contributed by atoms with Crippen LogP contribution < -0.4 is 16.0 Å². The van der Waals surface area contributed by atoms with E-state index in [4.69, 9.17) is 11.6 Å². The summed E-state index contributed by atoms with van der Waals surface area (Å²) in [4.78, 5) is 40.3. The SMILES string of the molecule is Cc1cc(C)nc(Nc2ccc(Cl)c(C(=O)NCCNc3ncnc4ccc([N+](=O)[O-])cc34)c2)n1. The van der Waals surface area contributed by atoms with Gasteiger partial charge in [-0.15, -0.1) is 0 Å². The zero-order valence-electron chi connectivity index (χ0n) is 18.9. The van der Waals surface area contributed by atoms with Gasteiger partial charge in [-0.2, -0.15) is 0 Å². The van der Waals surface area contributed by atoms with Crippen LogP contribution in [0, 0.1) is 24.0 Å². The summed E-state index contributed by atoms with van der Waals surface area (Å²) < 4.78 is 0. The number of halogens is 1. The van der Waals surface area contributed by atoms with Gasteiger partial charge in [0.15, 0.2) is 0 Å². The molecule has 4 aromatic rings. The summed E-state index contributed by atoms with van der Waals surface area (Å²) >= 11 is 6.25. The number of non-ortho nitro benzene ring substituents is 1. The average Bonchev–Trinajstić information content (AvgIpc) is 2.82. The molecule has 4 rings (SSSR count). The van der Waals surface area contributed by atoms with Crippen LogP contribution in [-0.4, -0.2) is 43.9 Å². The van der Waals surface area contributed by atoms with Gasteiger partial charge in [-0.1, -0.05) is 11.6 Å². The second-order valence-electron chi connectivity index (χ2n) is 7.66. The summed E-state index contributed by atoms with van der Waals surface area (Å²) in [5.41, 5.74) is 3.08. The molecule has 0 aliphatic rings. The quantitative estimate of drug-likeness (QED) is 0.187. The Bertz CT molecular complexity index is 1410. The van der Waals surface area contributed by atoms with Crippen molar-refractivity contribution in [2.24, 2.45) is 0 Å². The molecular weight excluding hydrogens is 472 g/mol. The van der Waals surface area contributed by atoms with Crippen molar-refractivity contribution in [1.29, 1.82) is 0 Å². The highest BCUT2D eigenvalue weighted by Gasteiger charge is 2.13. The molecule has 0 unspecified atom stereocenters. The Labute approximate surface area is 205 Å². The van der Waals surface area contributed by atoms with E-state index in [2.05, 4.69) is 35.9 Å². The molecule has 0 saturated carbocycles. The minimum atomic E-state index is -0.477. The number of hydrogen-bond acceptors (Lipinski definition) is 9. The highest BCUT2D eigenvalue weighted by molar-refractivity contribution is 6.34. The summed E-state index contributed by atoms with van der Waals surface area (Å²) in [6, 6.07) is 11.2. The van der Waals surface area contributed by atoms with Crippen molar-refractivity contribution >= 4 is 51.6 Å². The van der Waals surface area contributed by atoms with E-state index in [1.54, 1.807) is 24.3 Å². The third kappa shape index (κ3) is 5.76. The van der Waals surface area contributed by atoms with Crippen molar-refractivity contribution in [3.63, 3.8) is 0 Å². The van der Waals surface area contributed by atoms with Crippen molar-refractivity contribution < 1.29 is 9.72 Å². The van der Waals surface area contributed by atoms with Crippen LogP contribution in [0.3, 0.4) is 0 Å². The molecule has 0 fully saturated rings. The van der Waals surface area contributed by atoms with Crippen LogP contribution in [-0.2, 0) is 0 Å². The van der Waals surface area contributed by atoms with E-state index in [1.165, 1.54) is 18.5 Å². The van der Waals surface area contributed by atoms with Crippen molar-refractivity contribution in [2.45, 2.75) is 13.8 Å². The molecule has 2 heterocycles. The van der Waals surface area contributed by atoms with Gasteiger partial charge in [0.05, 0.1) is 21.0 Å². The Morgan fingerprint density at radius 2 is 1.80 bits per heavy atom. The van der Waals surface area contributed by atoms with Gasteiger partial charge in [0.1, 0.15) is 12.1 Å². The smallest absolute Gasteiger partial charge is 0.270 e. The summed E-state index contributed by atoms with van der Waals surface area (Å²) in [5, 5.41) is 20.9. The lowest BCUT2D eigenvalue weighted by molar-refractivity contribution is -0.384. The number of aryl methyl sites for hydroxylation is 2. The first-order chi connectivity index (χ1) is 16.8. The maximum atomic E-state index is 12.7. The van der Waals surface area contributed by atoms with E-state index >= 15 is 0 Å². The second kappa shape index (κ2) is 10.3. The number of nitro groups is 1. The monoisotopic (exact) mass is 492 g/mol. The van der Waals surface area contributed by atoms with Gasteiger partial charge < -0.3 is 16.0 Å². The molecule has 0 radical (unpaired) electrons. The Morgan fingerprint density at radius 1 is 1.03 bits per heavy atom. The number of nitrogens with one attached hydrogen (secondary N) is 3. The van der Waals surface area contributed by atoms with Crippen molar-refractivity contribution in [3.8, 4) is 0 Å². The predicted octanol–water partition coefficient (Wildman–Crippen LogP) is 4.18. The van der Waals surface area contributed by atoms with Crippen LogP contribution in [0.4, 0.5) is 23.1 Å². The predicted molar refractivity (Wildman–Crippen MR) is 133 cm³/mol. The molecule has 178 valence electrons. The fraction of sp³-hybridized carbons (Fsp3) is 0.174. The lowest BCUT2D eigenvalue weighted by atomic mass is 10.2. The number of fused-ring (bicyclic) bond motifs is 1. The highest BCUT2D eigenvalue weighted by Crippen LogP contribution is 2.24. The molecule has 11 nitrogen and oxygen atoms in total. The first-order valence-electron chi connectivity index (χ1n) is 10.6. The third-order valence-electron chi connectivity index (χ3n) is 4.98. The lowest BCUT2D eigenvalue weighted by Crippen LogP contribution is -2.29. The topological polar surface area (TPSA) is 148 Å². The van der Waals surface area contributed by atoms with Gasteiger partial charge in [-0.3, -0.25) is 14.9 Å². The van der Waals surface area contributed by atoms with Crippen molar-refractivity contribution in [2.75, 3.05) is 23.7 Å². The van der Waals surface area contributed by atoms with Crippen LogP contribution in [0.1, 0.15) is 21.7 Å². The molecule has 12 heteroatoms. The summed E-state index contributed by atoms with van der Waals surface area (Å²) in [6.45, 7) is 4.33. The first-order valence-corrected chi connectivity index (χ1v) is 11.0. The largest absolute Gasteiger partial charge is 0.368 e. The van der Waals surface area contributed by atoms with Gasteiger partial charge >= 0.3 is 0 Å². The number of hydrogen-bond donors (Lipinski definition) is 3. The molecule has 1 amide bonds. The number of nitrogens with zero attached hydrogens (tertiary/aromatic N) is 5. The fourth-order valence-corrected chi connectivity index (χ4v) is 3.64. The summed E-state index contributed by atoms with van der Waals surface area (Å²) in [6.07, 6.45) is 1.37. The fourth-order valence-electron chi connectivity index (χ4n) is 3.44. The number of anilines is 3. The standard InChI is InChI=1S/C23H21ClN8O3/c1-13-9-14(2)30-23(29-13)31-15-3-5-19(24)17(10-15)22(33)26-8-7-25-21-18-11-16(32(34)35)4-6-20(18)27-12-28-21/h3-6,9-12H,7-8H2,1-2H3,(H,26,33)(H,25,27,28)(H,29,30,31). The Morgan fingerprint density at radius 3 is 2.54 bits per heavy atom. The third-order valence-corrected chi connectivity index (χ3v) is 5.31. The maximum absolute atomic E-state index is 12.7. The van der Waals surface area contributed by atoms with E-state index in [0.717, 1.165) is 11.4 Å². The number of carbonyl (C=O) groups excluding carboxylic acids is 1. The van der Waals surface area contributed by atoms with Crippen molar-refractivity contribution in [3.05, 3.63) is 80.9 Å². The zero-order valence-corrected chi connectivity index (χ0v) is 19.6. The second-order valence-corrected chi connectivity index (χ2v) is 8.06. The molecule has 0 bridgehead atoms. The van der Waals surface area contributed by atoms with E-state index in [0.29, 0.717) is 45.5 Å². The summed E-state index contributed by atoms with van der Waals surface area (Å²) in [5.74, 6) is 0.508. The molecule has 0 spiro atoms.